The first-order chi connectivity index (χ1) is 12.4. The minimum Gasteiger partial charge on any atom is -0.480 e. The number of nitrogens with zero attached hydrogens (tertiary/aromatic N) is 1. The zero-order valence-electron chi connectivity index (χ0n) is 14.8. The van der Waals surface area contributed by atoms with Crippen molar-refractivity contribution in [3.8, 4) is 0 Å². The Morgan fingerprint density at radius 2 is 2.08 bits per heavy atom. The van der Waals surface area contributed by atoms with Crippen LogP contribution in [0.3, 0.4) is 0 Å². The van der Waals surface area contributed by atoms with Crippen LogP contribution in [0.2, 0.25) is 0 Å². The Balaban J connectivity index is 2.13. The first kappa shape index (κ1) is 19.5. The third kappa shape index (κ3) is 4.22. The maximum absolute atomic E-state index is 12.8. The molecule has 1 aliphatic heterocycles. The van der Waals surface area contributed by atoms with E-state index >= 15 is 0 Å². The largest absolute Gasteiger partial charge is 0.480 e. The summed E-state index contributed by atoms with van der Waals surface area (Å²) in [5, 5.41) is 11.5. The number of carbonyl (C=O) groups excluding carboxylic acids is 2. The second-order valence-electron chi connectivity index (χ2n) is 6.35. The summed E-state index contributed by atoms with van der Waals surface area (Å²) in [6.45, 7) is 5.54. The Bertz CT molecular complexity index is 676. The number of amides is 2. The molecule has 2 rings (SSSR count). The second-order valence-corrected chi connectivity index (χ2v) is 6.35. The van der Waals surface area contributed by atoms with Crippen LogP contribution in [-0.2, 0) is 20.9 Å². The van der Waals surface area contributed by atoms with Gasteiger partial charge in [-0.3, -0.25) is 14.5 Å². The van der Waals surface area contributed by atoms with Crippen LogP contribution >= 0.6 is 0 Å². The Kier molecular flexibility index (Phi) is 6.38. The number of rotatable bonds is 7. The van der Waals surface area contributed by atoms with Gasteiger partial charge in [-0.1, -0.05) is 36.4 Å². The van der Waals surface area contributed by atoms with Crippen LogP contribution in [0.5, 0.6) is 0 Å². The molecule has 7 nitrogen and oxygen atoms in total. The molecule has 0 spiro atoms. The van der Waals surface area contributed by atoms with Crippen molar-refractivity contribution < 1.29 is 24.2 Å². The van der Waals surface area contributed by atoms with Gasteiger partial charge in [0.2, 0.25) is 5.91 Å². The van der Waals surface area contributed by atoms with Crippen molar-refractivity contribution in [3.63, 3.8) is 0 Å². The maximum atomic E-state index is 12.8. The molecule has 2 N–H and O–H groups in total. The molecule has 1 fully saturated rings. The summed E-state index contributed by atoms with van der Waals surface area (Å²) < 4.78 is 5.37. The van der Waals surface area contributed by atoms with Crippen molar-refractivity contribution in [1.82, 2.24) is 10.2 Å². The SMILES string of the molecule is C=CCC1(C(=O)N[C@@H](C)C(=O)O)CCCN1C(=O)OCc1ccccc1. The number of carbonyl (C=O) groups is 3. The molecular formula is C19H24N2O5. The number of carboxylic acids is 1. The normalized spacial score (nSPS) is 20.3. The van der Waals surface area contributed by atoms with Crippen LogP contribution in [0.1, 0.15) is 31.7 Å². The van der Waals surface area contributed by atoms with Gasteiger partial charge in [-0.2, -0.15) is 0 Å². The third-order valence-corrected chi connectivity index (χ3v) is 4.54. The van der Waals surface area contributed by atoms with Crippen molar-refractivity contribution in [2.45, 2.75) is 44.4 Å². The number of carboxylic acid groups (broad SMARTS) is 1. The van der Waals surface area contributed by atoms with Gasteiger partial charge in [0.25, 0.3) is 0 Å². The van der Waals surface area contributed by atoms with Gasteiger partial charge in [0, 0.05) is 6.54 Å². The maximum Gasteiger partial charge on any atom is 0.411 e. The van der Waals surface area contributed by atoms with Gasteiger partial charge >= 0.3 is 12.1 Å². The highest BCUT2D eigenvalue weighted by molar-refractivity contribution is 5.93. The Hall–Kier alpha value is -2.83. The molecule has 0 aromatic heterocycles. The molecule has 2 atom stereocenters. The summed E-state index contributed by atoms with van der Waals surface area (Å²) in [4.78, 5) is 37.8. The summed E-state index contributed by atoms with van der Waals surface area (Å²) in [5.41, 5.74) is -0.322. The summed E-state index contributed by atoms with van der Waals surface area (Å²) in [5.74, 6) is -1.63. The lowest BCUT2D eigenvalue weighted by molar-refractivity contribution is -0.143. The topological polar surface area (TPSA) is 95.9 Å². The molecule has 0 bridgehead atoms. The van der Waals surface area contributed by atoms with E-state index in [9.17, 15) is 14.4 Å². The minimum absolute atomic E-state index is 0.105. The number of likely N-dealkylation sites (tertiary alicyclic amines) is 1. The molecule has 7 heteroatoms. The lowest BCUT2D eigenvalue weighted by Gasteiger charge is -2.36. The number of hydrogen-bond donors (Lipinski definition) is 2. The van der Waals surface area contributed by atoms with Crippen LogP contribution in [0, 0.1) is 0 Å². The summed E-state index contributed by atoms with van der Waals surface area (Å²) in [6.07, 6.45) is 2.26. The average Bonchev–Trinajstić information content (AvgIpc) is 3.05. The molecule has 0 saturated carbocycles. The van der Waals surface area contributed by atoms with Crippen LogP contribution in [0.4, 0.5) is 4.79 Å². The van der Waals surface area contributed by atoms with E-state index in [0.717, 1.165) is 5.56 Å². The predicted octanol–water partition coefficient (Wildman–Crippen LogP) is 2.32. The fraction of sp³-hybridized carbons (Fsp3) is 0.421. The molecular weight excluding hydrogens is 336 g/mol. The molecule has 1 aliphatic rings. The smallest absolute Gasteiger partial charge is 0.411 e. The average molecular weight is 360 g/mol. The quantitative estimate of drug-likeness (QED) is 0.728. The first-order valence-corrected chi connectivity index (χ1v) is 8.53. The van der Waals surface area contributed by atoms with Crippen LogP contribution in [0.15, 0.2) is 43.0 Å². The number of aliphatic carboxylic acids is 1. The van der Waals surface area contributed by atoms with Crippen LogP contribution in [-0.4, -0.2) is 46.1 Å². The van der Waals surface area contributed by atoms with Crippen molar-refractivity contribution in [2.24, 2.45) is 0 Å². The van der Waals surface area contributed by atoms with E-state index in [1.165, 1.54) is 11.8 Å². The van der Waals surface area contributed by atoms with E-state index in [4.69, 9.17) is 9.84 Å². The summed E-state index contributed by atoms with van der Waals surface area (Å²) in [6, 6.07) is 8.20. The summed E-state index contributed by atoms with van der Waals surface area (Å²) in [7, 11) is 0. The zero-order chi connectivity index (χ0) is 19.2. The van der Waals surface area contributed by atoms with E-state index in [1.54, 1.807) is 6.08 Å². The number of benzene rings is 1. The highest BCUT2D eigenvalue weighted by atomic mass is 16.6. The second kappa shape index (κ2) is 8.51. The van der Waals surface area contributed by atoms with E-state index < -0.39 is 29.6 Å². The number of hydrogen-bond acceptors (Lipinski definition) is 4. The van der Waals surface area contributed by atoms with Crippen LogP contribution in [0.25, 0.3) is 0 Å². The van der Waals surface area contributed by atoms with Gasteiger partial charge in [0.15, 0.2) is 0 Å². The number of nitrogens with one attached hydrogen (secondary N) is 1. The fourth-order valence-electron chi connectivity index (χ4n) is 3.11. The van der Waals surface area contributed by atoms with Gasteiger partial charge in [-0.05, 0) is 31.7 Å². The zero-order valence-corrected chi connectivity index (χ0v) is 14.8. The highest BCUT2D eigenvalue weighted by Crippen LogP contribution is 2.34. The fourth-order valence-corrected chi connectivity index (χ4v) is 3.11. The van der Waals surface area contributed by atoms with Crippen molar-refractivity contribution >= 4 is 18.0 Å². The molecule has 1 aromatic carbocycles. The number of ether oxygens (including phenoxy) is 1. The molecule has 140 valence electrons. The van der Waals surface area contributed by atoms with Crippen molar-refractivity contribution in [2.75, 3.05) is 6.54 Å². The standard InChI is InChI=1S/C19H24N2O5/c1-3-10-19(17(24)20-14(2)16(22)23)11-7-12-21(19)18(25)26-13-15-8-5-4-6-9-15/h3-6,8-9,14H,1,7,10-13H2,2H3,(H,20,24)(H,22,23)/t14-,19?/m0/s1. The predicted molar refractivity (Wildman–Crippen MR) is 95.4 cm³/mol. The van der Waals surface area contributed by atoms with Gasteiger partial charge in [-0.25, -0.2) is 4.79 Å². The highest BCUT2D eigenvalue weighted by Gasteiger charge is 2.50. The molecule has 1 saturated heterocycles. The third-order valence-electron chi connectivity index (χ3n) is 4.54. The lowest BCUT2D eigenvalue weighted by Crippen LogP contribution is -2.59. The van der Waals surface area contributed by atoms with E-state index in [1.807, 2.05) is 30.3 Å². The molecule has 1 heterocycles. The molecule has 0 radical (unpaired) electrons. The van der Waals surface area contributed by atoms with Gasteiger partial charge in [0.1, 0.15) is 18.2 Å². The monoisotopic (exact) mass is 360 g/mol. The first-order valence-electron chi connectivity index (χ1n) is 8.53. The molecule has 0 aliphatic carbocycles. The molecule has 1 unspecified atom stereocenters. The molecule has 1 aromatic rings. The Labute approximate surface area is 152 Å². The minimum atomic E-state index is -1.17. The molecule has 2 amide bonds. The van der Waals surface area contributed by atoms with Crippen molar-refractivity contribution in [1.29, 1.82) is 0 Å². The summed E-state index contributed by atoms with van der Waals surface area (Å²) >= 11 is 0. The van der Waals surface area contributed by atoms with Crippen LogP contribution < -0.4 is 5.32 Å². The van der Waals surface area contributed by atoms with Gasteiger partial charge in [0.05, 0.1) is 0 Å². The van der Waals surface area contributed by atoms with Crippen molar-refractivity contribution in [3.05, 3.63) is 48.6 Å². The lowest BCUT2D eigenvalue weighted by atomic mass is 9.90. The van der Waals surface area contributed by atoms with E-state index in [0.29, 0.717) is 19.4 Å². The molecule has 26 heavy (non-hydrogen) atoms. The van der Waals surface area contributed by atoms with E-state index in [2.05, 4.69) is 11.9 Å². The van der Waals surface area contributed by atoms with E-state index in [-0.39, 0.29) is 13.0 Å². The van der Waals surface area contributed by atoms with Gasteiger partial charge < -0.3 is 15.2 Å². The van der Waals surface area contributed by atoms with Gasteiger partial charge in [-0.15, -0.1) is 6.58 Å². The Morgan fingerprint density at radius 3 is 2.69 bits per heavy atom. The Morgan fingerprint density at radius 1 is 1.38 bits per heavy atom.